The van der Waals surface area contributed by atoms with Crippen molar-refractivity contribution in [1.82, 2.24) is 14.5 Å². The molecular formula is C17H22N4O3. The molecule has 24 heavy (non-hydrogen) atoms. The van der Waals surface area contributed by atoms with Gasteiger partial charge in [0.05, 0.1) is 23.7 Å². The molecule has 1 fully saturated rings. The second kappa shape index (κ2) is 7.18. The molecule has 0 radical (unpaired) electrons. The monoisotopic (exact) mass is 330 g/mol. The zero-order valence-corrected chi connectivity index (χ0v) is 13.6. The molecule has 0 bridgehead atoms. The first-order chi connectivity index (χ1) is 11.7. The maximum absolute atomic E-state index is 9.97. The van der Waals surface area contributed by atoms with Gasteiger partial charge in [-0.05, 0) is 6.42 Å². The Morgan fingerprint density at radius 2 is 2.29 bits per heavy atom. The molecule has 0 amide bonds. The Balaban J connectivity index is 2.00. The highest BCUT2D eigenvalue weighted by Gasteiger charge is 2.35. The largest absolute Gasteiger partial charge is 0.394 e. The zero-order valence-electron chi connectivity index (χ0n) is 13.6. The Labute approximate surface area is 140 Å². The lowest BCUT2D eigenvalue weighted by Crippen LogP contribution is -2.24. The van der Waals surface area contributed by atoms with Crippen molar-refractivity contribution in [3.05, 3.63) is 18.1 Å². The minimum atomic E-state index is -0.712. The first kappa shape index (κ1) is 16.7. The van der Waals surface area contributed by atoms with Gasteiger partial charge in [0.15, 0.2) is 0 Å². The summed E-state index contributed by atoms with van der Waals surface area (Å²) in [6.45, 7) is 1.90. The van der Waals surface area contributed by atoms with Crippen LogP contribution < -0.4 is 5.73 Å². The number of rotatable bonds is 4. The molecule has 1 aliphatic rings. The van der Waals surface area contributed by atoms with Crippen LogP contribution in [0, 0.1) is 11.8 Å². The predicted molar refractivity (Wildman–Crippen MR) is 90.0 cm³/mol. The van der Waals surface area contributed by atoms with E-state index in [1.165, 1.54) is 6.33 Å². The molecule has 3 heterocycles. The van der Waals surface area contributed by atoms with Crippen LogP contribution in [0.3, 0.4) is 0 Å². The summed E-state index contributed by atoms with van der Waals surface area (Å²) < 4.78 is 7.54. The van der Waals surface area contributed by atoms with E-state index in [4.69, 9.17) is 10.5 Å². The van der Waals surface area contributed by atoms with Crippen LogP contribution in [0.4, 0.5) is 5.82 Å². The quantitative estimate of drug-likeness (QED) is 0.574. The predicted octanol–water partition coefficient (Wildman–Crippen LogP) is 1.20. The number of ether oxygens (including phenoxy) is 1. The summed E-state index contributed by atoms with van der Waals surface area (Å²) in [7, 11) is 0. The van der Waals surface area contributed by atoms with Crippen LogP contribution in [0.15, 0.2) is 12.5 Å². The van der Waals surface area contributed by atoms with E-state index in [0.29, 0.717) is 23.3 Å². The van der Waals surface area contributed by atoms with E-state index in [1.807, 2.05) is 10.8 Å². The van der Waals surface area contributed by atoms with Crippen LogP contribution in [0.25, 0.3) is 11.0 Å². The first-order valence-electron chi connectivity index (χ1n) is 8.20. The number of hydrogen-bond acceptors (Lipinski definition) is 6. The number of nitrogens with two attached hydrogens (primary N) is 1. The van der Waals surface area contributed by atoms with Gasteiger partial charge in [0.1, 0.15) is 30.1 Å². The van der Waals surface area contributed by atoms with E-state index < -0.39 is 18.4 Å². The molecule has 1 aliphatic heterocycles. The normalized spacial score (nSPS) is 23.4. The van der Waals surface area contributed by atoms with Crippen molar-refractivity contribution >= 4 is 16.9 Å². The average Bonchev–Trinajstić information content (AvgIpc) is 3.13. The summed E-state index contributed by atoms with van der Waals surface area (Å²) in [5.74, 6) is 6.67. The molecular weight excluding hydrogens is 308 g/mol. The molecule has 128 valence electrons. The van der Waals surface area contributed by atoms with Gasteiger partial charge in [-0.3, -0.25) is 0 Å². The van der Waals surface area contributed by atoms with Crippen LogP contribution in [-0.4, -0.2) is 43.6 Å². The second-order valence-electron chi connectivity index (χ2n) is 5.93. The topological polar surface area (TPSA) is 106 Å². The van der Waals surface area contributed by atoms with E-state index >= 15 is 0 Å². The van der Waals surface area contributed by atoms with Crippen molar-refractivity contribution in [2.24, 2.45) is 0 Å². The van der Waals surface area contributed by atoms with Crippen LogP contribution in [0.5, 0.6) is 0 Å². The van der Waals surface area contributed by atoms with E-state index in [9.17, 15) is 10.2 Å². The SMILES string of the molecule is CCCCC#Cc1cn([C@H]2C[C@@H](O)C(CO)O2)c2ncnc(N)c12. The molecule has 7 heteroatoms. The first-order valence-corrected chi connectivity index (χ1v) is 8.20. The van der Waals surface area contributed by atoms with E-state index in [0.717, 1.165) is 24.8 Å². The maximum atomic E-state index is 9.97. The van der Waals surface area contributed by atoms with Crippen molar-refractivity contribution < 1.29 is 14.9 Å². The molecule has 0 saturated carbocycles. The van der Waals surface area contributed by atoms with Gasteiger partial charge in [0.25, 0.3) is 0 Å². The second-order valence-corrected chi connectivity index (χ2v) is 5.93. The van der Waals surface area contributed by atoms with Crippen LogP contribution in [-0.2, 0) is 4.74 Å². The van der Waals surface area contributed by atoms with E-state index in [1.54, 1.807) is 0 Å². The van der Waals surface area contributed by atoms with Crippen molar-refractivity contribution in [3.8, 4) is 11.8 Å². The Kier molecular flexibility index (Phi) is 5.00. The van der Waals surface area contributed by atoms with Gasteiger partial charge in [-0.25, -0.2) is 9.97 Å². The van der Waals surface area contributed by atoms with Crippen LogP contribution in [0.2, 0.25) is 0 Å². The summed E-state index contributed by atoms with van der Waals surface area (Å²) in [6, 6.07) is 0. The summed E-state index contributed by atoms with van der Waals surface area (Å²) in [5, 5.41) is 19.9. The highest BCUT2D eigenvalue weighted by atomic mass is 16.5. The average molecular weight is 330 g/mol. The lowest BCUT2D eigenvalue weighted by Gasteiger charge is -2.14. The highest BCUT2D eigenvalue weighted by Crippen LogP contribution is 2.33. The Hall–Kier alpha value is -2.14. The van der Waals surface area contributed by atoms with Crippen molar-refractivity contribution in [1.29, 1.82) is 0 Å². The summed E-state index contributed by atoms with van der Waals surface area (Å²) in [6.07, 6.45) is 4.86. The summed E-state index contributed by atoms with van der Waals surface area (Å²) in [5.41, 5.74) is 7.40. The van der Waals surface area contributed by atoms with Crippen molar-refractivity contribution in [2.45, 2.75) is 51.0 Å². The number of hydrogen-bond donors (Lipinski definition) is 3. The number of aliphatic hydroxyl groups is 2. The number of unbranched alkanes of at least 4 members (excludes halogenated alkanes) is 2. The molecule has 3 rings (SSSR count). The maximum Gasteiger partial charge on any atom is 0.148 e. The van der Waals surface area contributed by atoms with Crippen LogP contribution in [0.1, 0.15) is 44.4 Å². The number of nitrogens with zero attached hydrogens (tertiary/aromatic N) is 3. The fraction of sp³-hybridized carbons (Fsp3) is 0.529. The minimum Gasteiger partial charge on any atom is -0.394 e. The standard InChI is InChI=1S/C17H22N4O3/c1-2-3-4-5-6-11-8-21(14-7-12(23)13(9-22)24-14)17-15(11)16(18)19-10-20-17/h8,10,12-14,22-23H,2-4,7,9H2,1H3,(H2,18,19,20)/t12-,13?,14-/m1/s1. The molecule has 4 N–H and O–H groups in total. The molecule has 0 spiro atoms. The Morgan fingerprint density at radius 1 is 1.46 bits per heavy atom. The third kappa shape index (κ3) is 3.08. The minimum absolute atomic E-state index is 0.225. The zero-order chi connectivity index (χ0) is 17.1. The Bertz CT molecular complexity index is 777. The summed E-state index contributed by atoms with van der Waals surface area (Å²) >= 11 is 0. The van der Waals surface area contributed by atoms with Gasteiger partial charge in [0.2, 0.25) is 0 Å². The summed E-state index contributed by atoms with van der Waals surface area (Å²) in [4.78, 5) is 8.36. The fourth-order valence-electron chi connectivity index (χ4n) is 2.90. The van der Waals surface area contributed by atoms with Gasteiger partial charge in [-0.2, -0.15) is 0 Å². The van der Waals surface area contributed by atoms with Gasteiger partial charge >= 0.3 is 0 Å². The van der Waals surface area contributed by atoms with Crippen LogP contribution >= 0.6 is 0 Å². The molecule has 7 nitrogen and oxygen atoms in total. The van der Waals surface area contributed by atoms with Crippen molar-refractivity contribution in [3.63, 3.8) is 0 Å². The number of nitrogen functional groups attached to an aromatic ring is 1. The third-order valence-electron chi connectivity index (χ3n) is 4.21. The van der Waals surface area contributed by atoms with Crippen molar-refractivity contribution in [2.75, 3.05) is 12.3 Å². The molecule has 3 atom stereocenters. The number of fused-ring (bicyclic) bond motifs is 1. The van der Waals surface area contributed by atoms with Gasteiger partial charge < -0.3 is 25.3 Å². The molecule has 0 aromatic carbocycles. The lowest BCUT2D eigenvalue weighted by atomic mass is 10.2. The molecule has 2 aromatic rings. The number of aliphatic hydroxyl groups excluding tert-OH is 2. The fourth-order valence-corrected chi connectivity index (χ4v) is 2.90. The molecule has 0 aliphatic carbocycles. The lowest BCUT2D eigenvalue weighted by molar-refractivity contribution is -0.0430. The third-order valence-corrected chi connectivity index (χ3v) is 4.21. The van der Waals surface area contributed by atoms with Gasteiger partial charge in [-0.1, -0.05) is 25.2 Å². The van der Waals surface area contributed by atoms with Gasteiger partial charge in [0, 0.05) is 19.0 Å². The molecule has 1 saturated heterocycles. The number of aromatic nitrogens is 3. The van der Waals surface area contributed by atoms with E-state index in [-0.39, 0.29) is 6.61 Å². The Morgan fingerprint density at radius 3 is 3.00 bits per heavy atom. The highest BCUT2D eigenvalue weighted by molar-refractivity contribution is 5.92. The van der Waals surface area contributed by atoms with Gasteiger partial charge in [-0.15, -0.1) is 0 Å². The molecule has 1 unspecified atom stereocenters. The number of anilines is 1. The smallest absolute Gasteiger partial charge is 0.148 e. The molecule has 2 aromatic heterocycles. The van der Waals surface area contributed by atoms with E-state index in [2.05, 4.69) is 28.7 Å².